The number of aliphatic hydroxyl groups excluding tert-OH is 4. The third kappa shape index (κ3) is 35.6. The Balaban J connectivity index is 2.48. The summed E-state index contributed by atoms with van der Waals surface area (Å²) in [6.45, 7) is 3.76. The van der Waals surface area contributed by atoms with Crippen molar-refractivity contribution in [1.29, 1.82) is 0 Å². The SMILES string of the molecule is CCCCC[C@H](O)/C=C/[C@@H]1[C@@H](C/C=C/CCCC(=O)OC[C@H](COP(=O)(O)OC[C@@H](O)COP(=O)(O)O)OC(=O)CCCCCCCCCCCCCCCCCCC(C)C)[C@@H](O)C[C@H]1O. The first-order valence-corrected chi connectivity index (χ1v) is 28.2. The van der Waals surface area contributed by atoms with Crippen LogP contribution in [0, 0.1) is 17.8 Å². The second-order valence-electron chi connectivity index (χ2n) is 18.5. The average molecular weight is 985 g/mol. The van der Waals surface area contributed by atoms with Gasteiger partial charge in [-0.3, -0.25) is 23.2 Å². The summed E-state index contributed by atoms with van der Waals surface area (Å²) < 4.78 is 47.9. The van der Waals surface area contributed by atoms with E-state index in [1.54, 1.807) is 6.08 Å². The molecule has 0 aliphatic heterocycles. The first kappa shape index (κ1) is 62.5. The van der Waals surface area contributed by atoms with Crippen molar-refractivity contribution < 1.29 is 76.9 Å². The molecule has 0 aromatic rings. The molecule has 1 aliphatic rings. The molecule has 0 aromatic heterocycles. The van der Waals surface area contributed by atoms with Crippen molar-refractivity contribution in [2.45, 2.75) is 225 Å². The van der Waals surface area contributed by atoms with Crippen LogP contribution in [0.4, 0.5) is 0 Å². The summed E-state index contributed by atoms with van der Waals surface area (Å²) in [7, 11) is -9.76. The van der Waals surface area contributed by atoms with Gasteiger partial charge in [0.1, 0.15) is 12.7 Å². The maximum atomic E-state index is 12.8. The lowest BCUT2D eigenvalue weighted by molar-refractivity contribution is -0.161. The number of ether oxygens (including phenoxy) is 2. The molecule has 7 N–H and O–H groups in total. The van der Waals surface area contributed by atoms with Crippen molar-refractivity contribution >= 4 is 27.6 Å². The molecule has 0 aromatic carbocycles. The van der Waals surface area contributed by atoms with Gasteiger partial charge in [0, 0.05) is 25.2 Å². The standard InChI is InChI=1S/C48H90O16P2/c1-4-5-22-28-40(49)32-33-44-43(45(51)34-46(44)52)29-24-20-21-25-30-47(53)60-37-42(38-63-66(58,59)62-36-41(50)35-61-65(55,56)57)64-48(54)31-26-19-17-15-13-11-9-7-6-8-10-12-14-16-18-23-27-39(2)3/h20,24,32-33,39-46,49-52H,4-19,21-23,25-31,34-38H2,1-3H3,(H,58,59)(H2,55,56,57)/b24-20+,33-32+/t40-,41-,42+,43+,44+,45-,46+/m0/s1. The van der Waals surface area contributed by atoms with Crippen LogP contribution in [0.25, 0.3) is 0 Å². The minimum atomic E-state index is -4.90. The van der Waals surface area contributed by atoms with Crippen LogP contribution in [0.5, 0.6) is 0 Å². The van der Waals surface area contributed by atoms with Gasteiger partial charge < -0.3 is 44.6 Å². The Bertz CT molecular complexity index is 1390. The molecule has 0 saturated heterocycles. The van der Waals surface area contributed by atoms with Crippen molar-refractivity contribution in [3.8, 4) is 0 Å². The summed E-state index contributed by atoms with van der Waals surface area (Å²) in [4.78, 5) is 53.1. The summed E-state index contributed by atoms with van der Waals surface area (Å²) in [6.07, 6.45) is 28.3. The van der Waals surface area contributed by atoms with Crippen LogP contribution in [-0.2, 0) is 41.8 Å². The van der Waals surface area contributed by atoms with Crippen LogP contribution in [0.1, 0.15) is 194 Å². The fraction of sp³-hybridized carbons (Fsp3) is 0.875. The molecule has 0 amide bonds. The normalized spacial score (nSPS) is 20.3. The lowest BCUT2D eigenvalue weighted by Gasteiger charge is -2.20. The van der Waals surface area contributed by atoms with E-state index in [1.807, 2.05) is 18.2 Å². The maximum absolute atomic E-state index is 12.8. The molecule has 0 heterocycles. The largest absolute Gasteiger partial charge is 0.472 e. The third-order valence-electron chi connectivity index (χ3n) is 11.8. The maximum Gasteiger partial charge on any atom is 0.472 e. The van der Waals surface area contributed by atoms with Gasteiger partial charge in [-0.2, -0.15) is 0 Å². The van der Waals surface area contributed by atoms with Gasteiger partial charge in [0.2, 0.25) is 0 Å². The molecule has 66 heavy (non-hydrogen) atoms. The monoisotopic (exact) mass is 985 g/mol. The van der Waals surface area contributed by atoms with Crippen LogP contribution in [0.2, 0.25) is 0 Å². The molecule has 0 bridgehead atoms. The fourth-order valence-corrected chi connectivity index (χ4v) is 9.10. The van der Waals surface area contributed by atoms with E-state index in [0.29, 0.717) is 32.1 Å². The van der Waals surface area contributed by atoms with Gasteiger partial charge in [-0.05, 0) is 43.9 Å². The zero-order chi connectivity index (χ0) is 49.1. The van der Waals surface area contributed by atoms with Crippen LogP contribution < -0.4 is 0 Å². The number of hydrogen-bond acceptors (Lipinski definition) is 13. The van der Waals surface area contributed by atoms with Crippen LogP contribution in [-0.4, -0.2) is 104 Å². The summed E-state index contributed by atoms with van der Waals surface area (Å²) in [5.74, 6) is -0.888. The highest BCUT2D eigenvalue weighted by atomic mass is 31.2. The molecule has 388 valence electrons. The average Bonchev–Trinajstić information content (AvgIpc) is 3.53. The highest BCUT2D eigenvalue weighted by molar-refractivity contribution is 7.47. The predicted molar refractivity (Wildman–Crippen MR) is 255 cm³/mol. The number of hydrogen-bond donors (Lipinski definition) is 7. The molecule has 8 atom stereocenters. The predicted octanol–water partition coefficient (Wildman–Crippen LogP) is 9.69. The Morgan fingerprint density at radius 3 is 1.74 bits per heavy atom. The molecule has 1 saturated carbocycles. The van der Waals surface area contributed by atoms with Crippen LogP contribution in [0.3, 0.4) is 0 Å². The third-order valence-corrected chi connectivity index (χ3v) is 13.3. The first-order valence-electron chi connectivity index (χ1n) is 25.1. The van der Waals surface area contributed by atoms with Gasteiger partial charge in [-0.1, -0.05) is 167 Å². The summed E-state index contributed by atoms with van der Waals surface area (Å²) in [6, 6.07) is 0. The molecule has 0 spiro atoms. The van der Waals surface area contributed by atoms with Crippen LogP contribution >= 0.6 is 15.6 Å². The van der Waals surface area contributed by atoms with E-state index in [-0.39, 0.29) is 31.1 Å². The van der Waals surface area contributed by atoms with E-state index in [0.717, 1.165) is 50.9 Å². The number of phosphoric acid groups is 2. The van der Waals surface area contributed by atoms with Gasteiger partial charge in [0.15, 0.2) is 6.10 Å². The molecule has 1 unspecified atom stereocenters. The molecule has 1 fully saturated rings. The number of carbonyl (C=O) groups excluding carboxylic acids is 2. The van der Waals surface area contributed by atoms with Crippen molar-refractivity contribution in [3.05, 3.63) is 24.3 Å². The van der Waals surface area contributed by atoms with Gasteiger partial charge >= 0.3 is 27.6 Å². The number of rotatable bonds is 43. The quantitative estimate of drug-likeness (QED) is 0.0130. The van der Waals surface area contributed by atoms with E-state index in [4.69, 9.17) is 28.3 Å². The minimum Gasteiger partial charge on any atom is -0.462 e. The van der Waals surface area contributed by atoms with Crippen LogP contribution in [0.15, 0.2) is 24.3 Å². The lowest BCUT2D eigenvalue weighted by atomic mass is 9.89. The molecule has 0 radical (unpaired) electrons. The van der Waals surface area contributed by atoms with Gasteiger partial charge in [-0.15, -0.1) is 0 Å². The number of aliphatic hydroxyl groups is 4. The highest BCUT2D eigenvalue weighted by Gasteiger charge is 2.39. The second-order valence-corrected chi connectivity index (χ2v) is 21.2. The number of esters is 2. The molecule has 16 nitrogen and oxygen atoms in total. The molecule has 1 rings (SSSR count). The zero-order valence-electron chi connectivity index (χ0n) is 40.5. The van der Waals surface area contributed by atoms with Gasteiger partial charge in [0.05, 0.1) is 38.1 Å². The molecule has 18 heteroatoms. The van der Waals surface area contributed by atoms with E-state index in [1.165, 1.54) is 77.0 Å². The zero-order valence-corrected chi connectivity index (χ0v) is 42.3. The highest BCUT2D eigenvalue weighted by Crippen LogP contribution is 2.44. The van der Waals surface area contributed by atoms with Crippen molar-refractivity contribution in [2.24, 2.45) is 17.8 Å². The molecular weight excluding hydrogens is 894 g/mol. The van der Waals surface area contributed by atoms with Crippen molar-refractivity contribution in [1.82, 2.24) is 0 Å². The summed E-state index contributed by atoms with van der Waals surface area (Å²) >= 11 is 0. The van der Waals surface area contributed by atoms with E-state index in [9.17, 15) is 44.0 Å². The Morgan fingerprint density at radius 1 is 0.636 bits per heavy atom. The Hall–Kier alpha value is -1.52. The Kier molecular flexibility index (Phi) is 36.2. The van der Waals surface area contributed by atoms with Crippen molar-refractivity contribution in [2.75, 3.05) is 26.4 Å². The van der Waals surface area contributed by atoms with E-state index < -0.39 is 84.5 Å². The van der Waals surface area contributed by atoms with Crippen molar-refractivity contribution in [3.63, 3.8) is 0 Å². The molecule has 1 aliphatic carbocycles. The topological polar surface area (TPSA) is 256 Å². The van der Waals surface area contributed by atoms with Gasteiger partial charge in [-0.25, -0.2) is 9.13 Å². The fourth-order valence-electron chi connectivity index (χ4n) is 7.94. The summed E-state index contributed by atoms with van der Waals surface area (Å²) in [5.41, 5.74) is 0. The summed E-state index contributed by atoms with van der Waals surface area (Å²) in [5, 5.41) is 41.2. The van der Waals surface area contributed by atoms with E-state index >= 15 is 0 Å². The van der Waals surface area contributed by atoms with Gasteiger partial charge in [0.25, 0.3) is 0 Å². The number of phosphoric ester groups is 2. The second kappa shape index (κ2) is 38.3. The van der Waals surface area contributed by atoms with E-state index in [2.05, 4.69) is 25.3 Å². The minimum absolute atomic E-state index is 0.0208. The smallest absolute Gasteiger partial charge is 0.462 e. The first-order chi connectivity index (χ1) is 31.4. The number of unbranched alkanes of at least 4 members (excludes halogenated alkanes) is 18. The lowest BCUT2D eigenvalue weighted by Crippen LogP contribution is -2.30. The Labute approximate surface area is 396 Å². The Morgan fingerprint density at radius 2 is 1.17 bits per heavy atom. The number of carbonyl (C=O) groups is 2. The number of allylic oxidation sites excluding steroid dienone is 2. The molecular formula is C48H90O16P2.